The van der Waals surface area contributed by atoms with Crippen molar-refractivity contribution in [1.29, 1.82) is 0 Å². The van der Waals surface area contributed by atoms with E-state index < -0.39 is 0 Å². The summed E-state index contributed by atoms with van der Waals surface area (Å²) in [4.78, 5) is 11.4. The Balaban J connectivity index is 2.34. The molecule has 2 aliphatic rings. The first kappa shape index (κ1) is 30.7. The van der Waals surface area contributed by atoms with Crippen molar-refractivity contribution in [1.82, 2.24) is 0 Å². The van der Waals surface area contributed by atoms with Crippen LogP contribution in [0.1, 0.15) is 107 Å². The molecule has 0 fully saturated rings. The summed E-state index contributed by atoms with van der Waals surface area (Å²) >= 11 is 0. The number of rotatable bonds is 3. The lowest BCUT2D eigenvalue weighted by Gasteiger charge is -2.37. The number of ether oxygens (including phenoxy) is 1. The van der Waals surface area contributed by atoms with E-state index in [0.29, 0.717) is 0 Å². The van der Waals surface area contributed by atoms with Crippen LogP contribution < -0.4 is 10.4 Å². The van der Waals surface area contributed by atoms with Gasteiger partial charge in [0.1, 0.15) is 0 Å². The third kappa shape index (κ3) is 7.41. The molecule has 1 aromatic rings. The maximum absolute atomic E-state index is 11.4. The van der Waals surface area contributed by atoms with Gasteiger partial charge in [-0.2, -0.15) is 0 Å². The Labute approximate surface area is 237 Å². The largest absolute Gasteiger partial charge is 0.472 e. The molecule has 0 N–H and O–H groups in total. The minimum absolute atomic E-state index is 0.0529. The zero-order valence-electron chi connectivity index (χ0n) is 26.5. The number of allylic oxidation sites excluding steroid dienone is 8. The van der Waals surface area contributed by atoms with Gasteiger partial charge in [-0.05, 0) is 79.4 Å². The number of carbonyl (C=O) groups is 1. The van der Waals surface area contributed by atoms with Crippen LogP contribution in [0.3, 0.4) is 0 Å². The second-order valence-corrected chi connectivity index (χ2v) is 15.1. The maximum atomic E-state index is 11.4. The Morgan fingerprint density at radius 2 is 1.05 bits per heavy atom. The van der Waals surface area contributed by atoms with Gasteiger partial charge in [-0.3, -0.25) is 4.79 Å². The van der Waals surface area contributed by atoms with Gasteiger partial charge in [-0.1, -0.05) is 120 Å². The summed E-state index contributed by atoms with van der Waals surface area (Å²) in [6.45, 7) is 27.7. The lowest BCUT2D eigenvalue weighted by Crippen LogP contribution is -2.38. The Morgan fingerprint density at radius 1 is 0.615 bits per heavy atom. The van der Waals surface area contributed by atoms with E-state index in [1.54, 1.807) is 12.2 Å². The fraction of sp³-hybridized carbons (Fsp3) is 0.486. The molecule has 0 atom stereocenters. The molecular formula is C37H50O2. The molecule has 1 aromatic carbocycles. The predicted octanol–water partition coefficient (Wildman–Crippen LogP) is 8.50. The van der Waals surface area contributed by atoms with Crippen molar-refractivity contribution in [2.24, 2.45) is 10.8 Å². The zero-order valence-corrected chi connectivity index (χ0v) is 26.5. The predicted molar refractivity (Wildman–Crippen MR) is 168 cm³/mol. The van der Waals surface area contributed by atoms with E-state index in [2.05, 4.69) is 107 Å². The van der Waals surface area contributed by atoms with Crippen molar-refractivity contribution in [3.05, 3.63) is 93.3 Å². The summed E-state index contributed by atoms with van der Waals surface area (Å²) in [5.41, 5.74) is 7.43. The van der Waals surface area contributed by atoms with Gasteiger partial charge in [0.15, 0.2) is 5.78 Å². The summed E-state index contributed by atoms with van der Waals surface area (Å²) in [5.74, 6) is 0.0551. The Morgan fingerprint density at radius 3 is 1.46 bits per heavy atom. The van der Waals surface area contributed by atoms with E-state index in [-0.39, 0.29) is 27.4 Å². The summed E-state index contributed by atoms with van der Waals surface area (Å²) in [5, 5.41) is 2.63. The fourth-order valence-corrected chi connectivity index (χ4v) is 5.14. The van der Waals surface area contributed by atoms with Crippen LogP contribution in [0, 0.1) is 10.8 Å². The van der Waals surface area contributed by atoms with Crippen molar-refractivity contribution >= 4 is 17.4 Å². The molecule has 1 heterocycles. The number of unbranched alkanes of at least 4 members (excludes halogenated alkanes) is 1. The minimum Gasteiger partial charge on any atom is -0.472 e. The molecule has 0 saturated heterocycles. The number of carbonyl (C=O) groups excluding carboxylic acids is 1. The Hall–Kier alpha value is -2.87. The highest BCUT2D eigenvalue weighted by atomic mass is 16.5. The standard InChI is InChI=1S/C37H50O2/c1-34(2,3)28-21-26(16-14-13-15-25-17-19-27(38)20-18-25)22-29(35(4,5)6)32(28)33-30(36(7,8)9)23-39-24-31(33)37(10,11)12/h15-24H,13-14H2,1-12H3. The normalized spacial score (nSPS) is 16.7. The van der Waals surface area contributed by atoms with E-state index in [4.69, 9.17) is 4.74 Å². The second-order valence-electron chi connectivity index (χ2n) is 15.1. The zero-order chi connectivity index (χ0) is 29.4. The molecule has 210 valence electrons. The molecule has 0 bridgehead atoms. The lowest BCUT2D eigenvalue weighted by molar-refractivity contribution is -0.110. The topological polar surface area (TPSA) is 26.3 Å². The van der Waals surface area contributed by atoms with E-state index >= 15 is 0 Å². The highest BCUT2D eigenvalue weighted by Gasteiger charge is 2.35. The molecular weight excluding hydrogens is 476 g/mol. The molecule has 1 aliphatic carbocycles. The quantitative estimate of drug-likeness (QED) is 0.369. The first-order chi connectivity index (χ1) is 17.8. The van der Waals surface area contributed by atoms with Gasteiger partial charge >= 0.3 is 0 Å². The highest BCUT2D eigenvalue weighted by molar-refractivity contribution is 6.01. The van der Waals surface area contributed by atoms with E-state index in [9.17, 15) is 4.79 Å². The average Bonchev–Trinajstić information content (AvgIpc) is 2.79. The lowest BCUT2D eigenvalue weighted by atomic mass is 9.69. The number of benzene rings is 1. The van der Waals surface area contributed by atoms with Gasteiger partial charge in [0.25, 0.3) is 0 Å². The molecule has 0 radical (unpaired) electrons. The van der Waals surface area contributed by atoms with Crippen molar-refractivity contribution < 1.29 is 9.53 Å². The molecule has 3 rings (SSSR count). The average molecular weight is 527 g/mol. The first-order valence-electron chi connectivity index (χ1n) is 14.4. The van der Waals surface area contributed by atoms with Crippen LogP contribution in [0.25, 0.3) is 11.6 Å². The molecule has 0 aromatic heterocycles. The van der Waals surface area contributed by atoms with Gasteiger partial charge < -0.3 is 4.74 Å². The summed E-state index contributed by atoms with van der Waals surface area (Å²) in [7, 11) is 0. The van der Waals surface area contributed by atoms with Crippen LogP contribution in [0.5, 0.6) is 0 Å². The molecule has 39 heavy (non-hydrogen) atoms. The van der Waals surface area contributed by atoms with Crippen LogP contribution in [-0.4, -0.2) is 5.78 Å². The number of ketones is 1. The summed E-state index contributed by atoms with van der Waals surface area (Å²) in [6, 6.07) is 4.83. The minimum atomic E-state index is -0.0741. The molecule has 0 amide bonds. The smallest absolute Gasteiger partial charge is 0.178 e. The molecule has 0 saturated carbocycles. The fourth-order valence-electron chi connectivity index (χ4n) is 5.14. The van der Waals surface area contributed by atoms with Crippen molar-refractivity contribution in [2.45, 2.75) is 107 Å². The van der Waals surface area contributed by atoms with Crippen LogP contribution in [0.2, 0.25) is 0 Å². The Bertz CT molecular complexity index is 1300. The first-order valence-corrected chi connectivity index (χ1v) is 14.4. The van der Waals surface area contributed by atoms with Gasteiger partial charge in [0.2, 0.25) is 0 Å². The van der Waals surface area contributed by atoms with E-state index in [1.165, 1.54) is 38.3 Å². The molecule has 0 spiro atoms. The van der Waals surface area contributed by atoms with Gasteiger partial charge in [0.05, 0.1) is 12.5 Å². The Kier molecular flexibility index (Phi) is 8.61. The van der Waals surface area contributed by atoms with Gasteiger partial charge in [-0.15, -0.1) is 0 Å². The third-order valence-corrected chi connectivity index (χ3v) is 7.36. The monoisotopic (exact) mass is 526 g/mol. The van der Waals surface area contributed by atoms with Crippen molar-refractivity contribution in [2.75, 3.05) is 0 Å². The highest BCUT2D eigenvalue weighted by Crippen LogP contribution is 2.45. The third-order valence-electron chi connectivity index (χ3n) is 7.36. The van der Waals surface area contributed by atoms with Crippen molar-refractivity contribution in [3.63, 3.8) is 0 Å². The second kappa shape index (κ2) is 11.0. The van der Waals surface area contributed by atoms with E-state index in [0.717, 1.165) is 18.4 Å². The van der Waals surface area contributed by atoms with Gasteiger partial charge in [0, 0.05) is 11.1 Å². The number of hydrogen-bond acceptors (Lipinski definition) is 2. The van der Waals surface area contributed by atoms with Crippen molar-refractivity contribution in [3.8, 4) is 0 Å². The van der Waals surface area contributed by atoms with Crippen LogP contribution in [0.4, 0.5) is 0 Å². The maximum Gasteiger partial charge on any atom is 0.178 e. The molecule has 2 heteroatoms. The van der Waals surface area contributed by atoms with Gasteiger partial charge in [-0.25, -0.2) is 0 Å². The van der Waals surface area contributed by atoms with Crippen LogP contribution in [0.15, 0.2) is 71.8 Å². The van der Waals surface area contributed by atoms with Crippen LogP contribution >= 0.6 is 0 Å². The molecule has 0 unspecified atom stereocenters. The van der Waals surface area contributed by atoms with Crippen LogP contribution in [-0.2, 0) is 20.4 Å². The molecule has 1 aliphatic heterocycles. The van der Waals surface area contributed by atoms with E-state index in [1.807, 2.05) is 24.7 Å². The summed E-state index contributed by atoms with van der Waals surface area (Å²) < 4.78 is 6.01. The SMILES string of the molecule is CC(C)(C)C1=COC=C(C(C)(C)C)C1=c1c(C(C)(C)C)cc(=CCCC=C2C=CC(=O)C=C2)cc1C(C)(C)C. The number of hydrogen-bond donors (Lipinski definition) is 0. The molecule has 2 nitrogen and oxygen atoms in total. The summed E-state index contributed by atoms with van der Waals surface area (Å²) in [6.07, 6.45) is 17.4.